The molecule has 0 aliphatic heterocycles. The van der Waals surface area contributed by atoms with Crippen LogP contribution in [0.15, 0.2) is 42.5 Å². The molecule has 0 saturated carbocycles. The lowest BCUT2D eigenvalue weighted by atomic mass is 10.1. The van der Waals surface area contributed by atoms with E-state index in [1.165, 1.54) is 18.2 Å². The van der Waals surface area contributed by atoms with E-state index in [1.54, 1.807) is 24.3 Å². The van der Waals surface area contributed by atoms with E-state index in [9.17, 15) is 9.18 Å². The van der Waals surface area contributed by atoms with E-state index in [2.05, 4.69) is 5.32 Å². The fourth-order valence-corrected chi connectivity index (χ4v) is 1.69. The Kier molecular flexibility index (Phi) is 4.20. The Hall–Kier alpha value is -2.56. The van der Waals surface area contributed by atoms with Crippen LogP contribution in [-0.2, 0) is 0 Å². The van der Waals surface area contributed by atoms with Crippen LogP contribution in [0.25, 0.3) is 0 Å². The van der Waals surface area contributed by atoms with E-state index in [0.717, 1.165) is 0 Å². The molecule has 0 atom stereocenters. The van der Waals surface area contributed by atoms with Gasteiger partial charge in [-0.05, 0) is 37.3 Å². The van der Waals surface area contributed by atoms with Gasteiger partial charge in [-0.1, -0.05) is 12.1 Å². The molecule has 0 aromatic heterocycles. The zero-order chi connectivity index (χ0) is 14.5. The van der Waals surface area contributed by atoms with Crippen LogP contribution in [0, 0.1) is 5.82 Å². The highest BCUT2D eigenvalue weighted by Crippen LogP contribution is 2.29. The van der Waals surface area contributed by atoms with Gasteiger partial charge in [0.25, 0.3) is 5.91 Å². The average molecular weight is 274 g/mol. The number of ether oxygens (including phenoxy) is 1. The first-order valence-electron chi connectivity index (χ1n) is 6.22. The molecule has 0 aliphatic carbocycles. The van der Waals surface area contributed by atoms with Gasteiger partial charge in [0.1, 0.15) is 0 Å². The van der Waals surface area contributed by atoms with Crippen molar-refractivity contribution in [1.29, 1.82) is 0 Å². The van der Waals surface area contributed by atoms with Gasteiger partial charge in [-0.3, -0.25) is 4.79 Å². The van der Waals surface area contributed by atoms with Gasteiger partial charge in [-0.25, -0.2) is 4.39 Å². The van der Waals surface area contributed by atoms with Gasteiger partial charge in [0.05, 0.1) is 5.69 Å². The minimum Gasteiger partial charge on any atom is -0.452 e. The molecule has 104 valence electrons. The van der Waals surface area contributed by atoms with Crippen molar-refractivity contribution >= 4 is 11.6 Å². The fourth-order valence-electron chi connectivity index (χ4n) is 1.69. The summed E-state index contributed by atoms with van der Waals surface area (Å²) in [5, 5.41) is 2.67. The van der Waals surface area contributed by atoms with Crippen LogP contribution >= 0.6 is 0 Å². The zero-order valence-electron chi connectivity index (χ0n) is 11.0. The van der Waals surface area contributed by atoms with Gasteiger partial charge in [0.2, 0.25) is 0 Å². The molecule has 3 N–H and O–H groups in total. The van der Waals surface area contributed by atoms with Crippen LogP contribution in [0.5, 0.6) is 11.5 Å². The normalized spacial score (nSPS) is 10.1. The second-order valence-corrected chi connectivity index (χ2v) is 4.14. The molecular weight excluding hydrogens is 259 g/mol. The van der Waals surface area contributed by atoms with Crippen molar-refractivity contribution in [3.63, 3.8) is 0 Å². The summed E-state index contributed by atoms with van der Waals surface area (Å²) in [6.07, 6.45) is 0. The Morgan fingerprint density at radius 3 is 2.65 bits per heavy atom. The summed E-state index contributed by atoms with van der Waals surface area (Å²) in [7, 11) is 0. The van der Waals surface area contributed by atoms with Crippen molar-refractivity contribution in [2.24, 2.45) is 0 Å². The average Bonchev–Trinajstić information content (AvgIpc) is 2.43. The van der Waals surface area contributed by atoms with E-state index >= 15 is 0 Å². The second-order valence-electron chi connectivity index (χ2n) is 4.14. The van der Waals surface area contributed by atoms with Gasteiger partial charge < -0.3 is 15.8 Å². The third-order valence-electron chi connectivity index (χ3n) is 2.67. The summed E-state index contributed by atoms with van der Waals surface area (Å²) in [4.78, 5) is 11.7. The third kappa shape index (κ3) is 3.06. The van der Waals surface area contributed by atoms with Gasteiger partial charge in [-0.15, -0.1) is 0 Å². The highest BCUT2D eigenvalue weighted by molar-refractivity contribution is 5.95. The summed E-state index contributed by atoms with van der Waals surface area (Å²) < 4.78 is 18.9. The topological polar surface area (TPSA) is 64.3 Å². The molecule has 4 nitrogen and oxygen atoms in total. The zero-order valence-corrected chi connectivity index (χ0v) is 11.0. The lowest BCUT2D eigenvalue weighted by molar-refractivity contribution is 0.0956. The summed E-state index contributed by atoms with van der Waals surface area (Å²) in [6, 6.07) is 10.7. The van der Waals surface area contributed by atoms with E-state index in [-0.39, 0.29) is 17.3 Å². The predicted molar refractivity (Wildman–Crippen MR) is 75.3 cm³/mol. The number of nitrogens with one attached hydrogen (secondary N) is 1. The predicted octanol–water partition coefficient (Wildman–Crippen LogP) is 2.95. The summed E-state index contributed by atoms with van der Waals surface area (Å²) in [5.74, 6) is -0.288. The molecule has 0 spiro atoms. The molecule has 2 rings (SSSR count). The Morgan fingerprint density at radius 2 is 2.00 bits per heavy atom. The summed E-state index contributed by atoms with van der Waals surface area (Å²) in [5.41, 5.74) is 6.54. The highest BCUT2D eigenvalue weighted by Gasteiger charge is 2.10. The molecule has 5 heteroatoms. The number of halogens is 1. The van der Waals surface area contributed by atoms with Crippen molar-refractivity contribution in [3.05, 3.63) is 53.8 Å². The SMILES string of the molecule is CCNC(=O)c1ccc(Oc2ccccc2F)c(N)c1. The molecule has 20 heavy (non-hydrogen) atoms. The first-order chi connectivity index (χ1) is 9.61. The Bertz CT molecular complexity index is 629. The number of hydrogen-bond donors (Lipinski definition) is 2. The largest absolute Gasteiger partial charge is 0.452 e. The monoisotopic (exact) mass is 274 g/mol. The number of amides is 1. The molecule has 0 fully saturated rings. The summed E-state index contributed by atoms with van der Waals surface area (Å²) in [6.45, 7) is 2.36. The lowest BCUT2D eigenvalue weighted by Gasteiger charge is -2.10. The second kappa shape index (κ2) is 6.06. The van der Waals surface area contributed by atoms with E-state index in [1.807, 2.05) is 6.92 Å². The Balaban J connectivity index is 2.22. The number of rotatable bonds is 4. The van der Waals surface area contributed by atoms with Crippen molar-refractivity contribution in [2.75, 3.05) is 12.3 Å². The van der Waals surface area contributed by atoms with Crippen molar-refractivity contribution < 1.29 is 13.9 Å². The maximum Gasteiger partial charge on any atom is 0.251 e. The van der Waals surface area contributed by atoms with Crippen LogP contribution in [-0.4, -0.2) is 12.5 Å². The highest BCUT2D eigenvalue weighted by atomic mass is 19.1. The molecule has 0 heterocycles. The van der Waals surface area contributed by atoms with Gasteiger partial charge in [-0.2, -0.15) is 0 Å². The molecule has 0 saturated heterocycles. The number of anilines is 1. The van der Waals surface area contributed by atoms with Crippen molar-refractivity contribution in [2.45, 2.75) is 6.92 Å². The van der Waals surface area contributed by atoms with Gasteiger partial charge in [0, 0.05) is 12.1 Å². The molecule has 0 bridgehead atoms. The third-order valence-corrected chi connectivity index (χ3v) is 2.67. The van der Waals surface area contributed by atoms with Crippen molar-refractivity contribution in [3.8, 4) is 11.5 Å². The molecular formula is C15H15FN2O2. The minimum absolute atomic E-state index is 0.0879. The number of carbonyl (C=O) groups is 1. The number of nitrogen functional groups attached to an aromatic ring is 1. The maximum atomic E-state index is 13.5. The Morgan fingerprint density at radius 1 is 1.25 bits per heavy atom. The molecule has 0 unspecified atom stereocenters. The standard InChI is InChI=1S/C15H15FN2O2/c1-2-18-15(19)10-7-8-14(12(17)9-10)20-13-6-4-3-5-11(13)16/h3-9H,2,17H2,1H3,(H,18,19). The van der Waals surface area contributed by atoms with Crippen LogP contribution in [0.2, 0.25) is 0 Å². The maximum absolute atomic E-state index is 13.5. The number of hydrogen-bond acceptors (Lipinski definition) is 3. The van der Waals surface area contributed by atoms with Crippen LogP contribution < -0.4 is 15.8 Å². The minimum atomic E-state index is -0.472. The van der Waals surface area contributed by atoms with Crippen LogP contribution in [0.4, 0.5) is 10.1 Å². The number of para-hydroxylation sites is 1. The Labute approximate surface area is 116 Å². The van der Waals surface area contributed by atoms with Crippen LogP contribution in [0.1, 0.15) is 17.3 Å². The number of nitrogens with two attached hydrogens (primary N) is 1. The van der Waals surface area contributed by atoms with E-state index < -0.39 is 5.82 Å². The molecule has 0 aliphatic rings. The number of benzene rings is 2. The molecule has 1 amide bonds. The number of carbonyl (C=O) groups excluding carboxylic acids is 1. The van der Waals surface area contributed by atoms with E-state index in [4.69, 9.17) is 10.5 Å². The van der Waals surface area contributed by atoms with Crippen LogP contribution in [0.3, 0.4) is 0 Å². The molecule has 2 aromatic rings. The summed E-state index contributed by atoms with van der Waals surface area (Å²) >= 11 is 0. The lowest BCUT2D eigenvalue weighted by Crippen LogP contribution is -2.22. The van der Waals surface area contributed by atoms with Gasteiger partial charge in [0.15, 0.2) is 17.3 Å². The molecule has 2 aromatic carbocycles. The smallest absolute Gasteiger partial charge is 0.251 e. The van der Waals surface area contributed by atoms with E-state index in [0.29, 0.717) is 17.9 Å². The fraction of sp³-hybridized carbons (Fsp3) is 0.133. The van der Waals surface area contributed by atoms with Gasteiger partial charge >= 0.3 is 0 Å². The molecule has 0 radical (unpaired) electrons. The van der Waals surface area contributed by atoms with Crippen molar-refractivity contribution in [1.82, 2.24) is 5.32 Å². The first-order valence-corrected chi connectivity index (χ1v) is 6.22. The quantitative estimate of drug-likeness (QED) is 0.842. The first kappa shape index (κ1) is 13.9.